The zero-order valence-corrected chi connectivity index (χ0v) is 37.0. The first-order valence-corrected chi connectivity index (χ1v) is 22.2. The van der Waals surface area contributed by atoms with Crippen LogP contribution >= 0.6 is 0 Å². The molecule has 3 aliphatic rings. The van der Waals surface area contributed by atoms with E-state index in [0.29, 0.717) is 29.9 Å². The van der Waals surface area contributed by atoms with Crippen LogP contribution in [0.5, 0.6) is 5.75 Å². The summed E-state index contributed by atoms with van der Waals surface area (Å²) in [6, 6.07) is 26.7. The van der Waals surface area contributed by atoms with Crippen molar-refractivity contribution in [2.24, 2.45) is 0 Å². The summed E-state index contributed by atoms with van der Waals surface area (Å²) in [6.07, 6.45) is 5.42. The molecule has 3 aromatic carbocycles. The van der Waals surface area contributed by atoms with Gasteiger partial charge < -0.3 is 25.4 Å². The van der Waals surface area contributed by atoms with E-state index in [2.05, 4.69) is 42.6 Å². The van der Waals surface area contributed by atoms with E-state index in [4.69, 9.17) is 9.72 Å². The molecule has 5 aromatic rings. The van der Waals surface area contributed by atoms with Crippen LogP contribution in [-0.2, 0) is 16.1 Å². The fraction of sp³-hybridized carbons (Fsp3) is 0.314. The zero-order valence-electron chi connectivity index (χ0n) is 37.0. The molecule has 8 rings (SSSR count). The van der Waals surface area contributed by atoms with Gasteiger partial charge in [0.2, 0.25) is 11.8 Å². The van der Waals surface area contributed by atoms with Crippen LogP contribution in [-0.4, -0.2) is 110 Å². The van der Waals surface area contributed by atoms with Crippen LogP contribution in [0.15, 0.2) is 103 Å². The Kier molecular flexibility index (Phi) is 13.9. The molecule has 2 fully saturated rings. The highest BCUT2D eigenvalue weighted by molar-refractivity contribution is 6.24. The highest BCUT2D eigenvalue weighted by Gasteiger charge is 2.45. The first-order chi connectivity index (χ1) is 31.9. The Labute approximate surface area is 383 Å². The molecule has 2 unspecified atom stereocenters. The van der Waals surface area contributed by atoms with Gasteiger partial charge in [-0.15, -0.1) is 0 Å². The number of nitrogens with one attached hydrogen (secondary N) is 3. The predicted octanol–water partition coefficient (Wildman–Crippen LogP) is 5.97. The lowest BCUT2D eigenvalue weighted by Gasteiger charge is -2.35. The second-order valence-electron chi connectivity index (χ2n) is 17.0. The van der Waals surface area contributed by atoms with Crippen LogP contribution in [0.1, 0.15) is 81.2 Å². The van der Waals surface area contributed by atoms with E-state index in [1.165, 1.54) is 6.07 Å². The number of rotatable bonds is 14. The maximum Gasteiger partial charge on any atom is 0.266 e. The van der Waals surface area contributed by atoms with Crippen LogP contribution in [0, 0.1) is 18.8 Å². The Balaban J connectivity index is 0.743. The fourth-order valence-corrected chi connectivity index (χ4v) is 8.44. The van der Waals surface area contributed by atoms with Gasteiger partial charge in [0.1, 0.15) is 29.8 Å². The molecule has 0 bridgehead atoms. The number of carbonyl (C=O) groups is 5. The molecule has 0 radical (unpaired) electrons. The molecule has 66 heavy (non-hydrogen) atoms. The Hall–Kier alpha value is -7.25. The predicted molar refractivity (Wildman–Crippen MR) is 249 cm³/mol. The Morgan fingerprint density at radius 2 is 1.73 bits per heavy atom. The number of hydrogen-bond donors (Lipinski definition) is 4. The third kappa shape index (κ3) is 11.0. The largest absolute Gasteiger partial charge is 0.480 e. The van der Waals surface area contributed by atoms with E-state index < -0.39 is 35.3 Å². The Morgan fingerprint density at radius 1 is 0.939 bits per heavy atom. The third-order valence-electron chi connectivity index (χ3n) is 12.0. The lowest BCUT2D eigenvalue weighted by molar-refractivity contribution is -0.131. The summed E-state index contributed by atoms with van der Waals surface area (Å²) in [5.41, 5.74) is 4.95. The molecule has 5 amide bonds. The summed E-state index contributed by atoms with van der Waals surface area (Å²) < 4.78 is 5.82. The second-order valence-corrected chi connectivity index (χ2v) is 17.0. The maximum atomic E-state index is 13.4. The number of ether oxygens (including phenoxy) is 1. The van der Waals surface area contributed by atoms with Crippen molar-refractivity contribution in [2.45, 2.75) is 64.1 Å². The lowest BCUT2D eigenvalue weighted by Crippen LogP contribution is -2.49. The minimum atomic E-state index is -1.26. The number of carbonyl (C=O) groups excluding carboxylic acids is 5. The van der Waals surface area contributed by atoms with E-state index in [0.717, 1.165) is 78.7 Å². The van der Waals surface area contributed by atoms with E-state index in [1.54, 1.807) is 31.5 Å². The molecule has 15 nitrogen and oxygen atoms in total. The number of aryl methyl sites for hydroxylation is 1. The Bertz CT molecular complexity index is 2690. The molecule has 2 saturated heterocycles. The van der Waals surface area contributed by atoms with Gasteiger partial charge in [0.25, 0.3) is 17.7 Å². The number of anilines is 3. The van der Waals surface area contributed by atoms with Gasteiger partial charge in [-0.25, -0.2) is 4.98 Å². The second kappa shape index (κ2) is 20.3. The number of benzene rings is 3. The summed E-state index contributed by atoms with van der Waals surface area (Å²) in [5.74, 6) is 4.07. The van der Waals surface area contributed by atoms with Gasteiger partial charge in [-0.05, 0) is 124 Å². The lowest BCUT2D eigenvalue weighted by atomic mass is 10.0. The van der Waals surface area contributed by atoms with Gasteiger partial charge in [-0.3, -0.25) is 44.1 Å². The molecule has 0 aliphatic carbocycles. The molecule has 0 spiro atoms. The van der Waals surface area contributed by atoms with Crippen LogP contribution in [0.25, 0.3) is 11.3 Å². The molecular formula is C51H52N8O7. The van der Waals surface area contributed by atoms with Crippen molar-refractivity contribution in [1.29, 1.82) is 0 Å². The normalized spacial score (nSPS) is 17.5. The number of pyridine rings is 2. The summed E-state index contributed by atoms with van der Waals surface area (Å²) >= 11 is 0. The van der Waals surface area contributed by atoms with Crippen molar-refractivity contribution in [3.63, 3.8) is 0 Å². The van der Waals surface area contributed by atoms with Crippen LogP contribution in [0.4, 0.5) is 17.2 Å². The van der Waals surface area contributed by atoms with Gasteiger partial charge in [0.05, 0.1) is 16.8 Å². The van der Waals surface area contributed by atoms with Gasteiger partial charge in [0.15, 0.2) is 0 Å². The minimum Gasteiger partial charge on any atom is -0.480 e. The van der Waals surface area contributed by atoms with Crippen molar-refractivity contribution in [1.82, 2.24) is 30.0 Å². The average molecular weight is 889 g/mol. The summed E-state index contributed by atoms with van der Waals surface area (Å²) in [6.45, 7) is 8.71. The monoisotopic (exact) mass is 888 g/mol. The molecule has 2 atom stereocenters. The molecular weight excluding hydrogens is 837 g/mol. The van der Waals surface area contributed by atoms with Gasteiger partial charge in [-0.2, -0.15) is 0 Å². The van der Waals surface area contributed by atoms with Crippen molar-refractivity contribution in [3.8, 4) is 28.8 Å². The molecule has 338 valence electrons. The number of piperazine rings is 1. The summed E-state index contributed by atoms with van der Waals surface area (Å²) in [5, 5.41) is 19.7. The van der Waals surface area contributed by atoms with Crippen molar-refractivity contribution >= 4 is 46.7 Å². The summed E-state index contributed by atoms with van der Waals surface area (Å²) in [4.78, 5) is 78.9. The molecule has 15 heteroatoms. The molecule has 4 N–H and O–H groups in total. The number of nitrogens with zero attached hydrogens (tertiary/aromatic N) is 5. The van der Waals surface area contributed by atoms with Gasteiger partial charge >= 0.3 is 0 Å². The first kappa shape index (κ1) is 45.3. The quantitative estimate of drug-likeness (QED) is 0.0758. The first-order valence-electron chi connectivity index (χ1n) is 22.2. The summed E-state index contributed by atoms with van der Waals surface area (Å²) in [7, 11) is 0. The van der Waals surface area contributed by atoms with Gasteiger partial charge in [-0.1, -0.05) is 36.1 Å². The van der Waals surface area contributed by atoms with Gasteiger partial charge in [0, 0.05) is 74.0 Å². The minimum absolute atomic E-state index is 0.0549. The number of aliphatic hydroxyl groups is 1. The van der Waals surface area contributed by atoms with E-state index in [-0.39, 0.29) is 42.2 Å². The smallest absolute Gasteiger partial charge is 0.266 e. The Morgan fingerprint density at radius 3 is 2.50 bits per heavy atom. The highest BCUT2D eigenvalue weighted by Crippen LogP contribution is 2.34. The number of aromatic nitrogens is 2. The van der Waals surface area contributed by atoms with Crippen LogP contribution < -0.4 is 20.7 Å². The highest BCUT2D eigenvalue weighted by atomic mass is 16.5. The average Bonchev–Trinajstić information content (AvgIpc) is 3.44. The number of fused-ring (bicyclic) bond motifs is 1. The van der Waals surface area contributed by atoms with E-state index in [9.17, 15) is 29.1 Å². The topological polar surface area (TPSA) is 186 Å². The molecule has 0 saturated carbocycles. The van der Waals surface area contributed by atoms with Crippen LogP contribution in [0.3, 0.4) is 0 Å². The number of amides is 5. The molecule has 5 heterocycles. The van der Waals surface area contributed by atoms with E-state index >= 15 is 0 Å². The van der Waals surface area contributed by atoms with Crippen molar-refractivity contribution in [3.05, 3.63) is 131 Å². The SMILES string of the molecule is Cc1cc(NC(=O)c2ccc(CN3CCN(CCCC(C)(O)C#CCOc4cccc5c4C(=O)N(C4CCCC(=O)NC4=O)C5=O)CC3)cc2)ccc1Nc1cccc(-c2cccnc2)n1. The molecule has 2 aromatic heterocycles. The zero-order chi connectivity index (χ0) is 46.2. The standard InChI is InChI=1S/C51H52N8O7/c1-34-31-38(20-21-40(34)54-44-14-4-11-41(55-44)37-9-6-24-52-32-37)53-47(61)36-18-16-35(17-19-36)33-58-28-26-57(27-29-58)25-7-22-51(2,65)23-8-30-66-43-13-3-10-39-46(43)50(64)59(49(39)63)42-12-5-15-45(60)56-48(42)62/h3-4,6,9-11,13-14,16-21,24,31-32,42,65H,5,7,12,15,22,25-30,33H2,1-2H3,(H,53,61)(H,54,55)(H,56,60,62). The van der Waals surface area contributed by atoms with Crippen LogP contribution in [0.2, 0.25) is 0 Å². The number of imide groups is 2. The van der Waals surface area contributed by atoms with E-state index in [1.807, 2.05) is 79.7 Å². The van der Waals surface area contributed by atoms with Crippen molar-refractivity contribution in [2.75, 3.05) is 50.0 Å². The number of hydrogen-bond acceptors (Lipinski definition) is 12. The third-order valence-corrected chi connectivity index (χ3v) is 12.0. The fourth-order valence-electron chi connectivity index (χ4n) is 8.44. The molecule has 3 aliphatic heterocycles. The maximum absolute atomic E-state index is 13.4. The van der Waals surface area contributed by atoms with Crippen molar-refractivity contribution < 1.29 is 33.8 Å².